The predicted molar refractivity (Wildman–Crippen MR) is 42.2 cm³/mol. The summed E-state index contributed by atoms with van der Waals surface area (Å²) in [6.07, 6.45) is 1.17. The lowest BCUT2D eigenvalue weighted by molar-refractivity contribution is -0.392. The van der Waals surface area contributed by atoms with Gasteiger partial charge in [-0.05, 0) is 22.0 Å². The number of hydrogen-bond acceptors (Lipinski definition) is 3. The van der Waals surface area contributed by atoms with Crippen molar-refractivity contribution in [2.24, 2.45) is 0 Å². The topological polar surface area (TPSA) is 56.0 Å². The molecule has 0 atom stereocenters. The van der Waals surface area contributed by atoms with Crippen molar-refractivity contribution in [3.63, 3.8) is 0 Å². The third-order valence-corrected chi connectivity index (χ3v) is 0.912. The number of halogens is 1. The van der Waals surface area contributed by atoms with Crippen LogP contribution in [0.25, 0.3) is 0 Å². The minimum absolute atomic E-state index is 0.734. The molecule has 0 N–H and O–H groups in total. The molecule has 4 nitrogen and oxygen atoms in total. The van der Waals surface area contributed by atoms with E-state index in [1.165, 1.54) is 12.3 Å². The number of nitro groups is 1. The molecule has 0 aromatic carbocycles. The average Bonchev–Trinajstić information content (AvgIpc) is 2.08. The van der Waals surface area contributed by atoms with Gasteiger partial charge in [0.25, 0.3) is 0 Å². The van der Waals surface area contributed by atoms with E-state index < -0.39 is 16.6 Å². The summed E-state index contributed by atoms with van der Waals surface area (Å²) >= 11 is 0. The Morgan fingerprint density at radius 2 is 2.17 bits per heavy atom. The molecule has 0 amide bonds. The Morgan fingerprint density at radius 3 is 2.50 bits per heavy atom. The van der Waals surface area contributed by atoms with Gasteiger partial charge < -0.3 is 10.1 Å². The summed E-state index contributed by atoms with van der Waals surface area (Å²) in [6, 6.07) is 2.29. The summed E-state index contributed by atoms with van der Waals surface area (Å²) in [7, 11) is 0. The van der Waals surface area contributed by atoms with Gasteiger partial charge in [-0.25, -0.2) is 0 Å². The quantitative estimate of drug-likeness (QED) is 0.481. The Morgan fingerprint density at radius 1 is 1.58 bits per heavy atom. The first-order chi connectivity index (χ1) is 5.72. The number of pyridine rings is 1. The van der Waals surface area contributed by atoms with Crippen LogP contribution in [0.3, 0.4) is 0 Å². The van der Waals surface area contributed by atoms with Crippen molar-refractivity contribution < 1.29 is 9.31 Å². The van der Waals surface area contributed by atoms with Crippen LogP contribution in [-0.4, -0.2) is 9.91 Å². The van der Waals surface area contributed by atoms with Gasteiger partial charge in [-0.1, -0.05) is 13.8 Å². The molecule has 0 aliphatic carbocycles. The second kappa shape index (κ2) is 5.17. The maximum atomic E-state index is 12.3. The Hall–Kier alpha value is -1.52. The molecule has 1 aromatic heterocycles. The van der Waals surface area contributed by atoms with E-state index in [1.54, 1.807) is 0 Å². The number of nitrogens with zero attached hydrogens (tertiary/aromatic N) is 2. The molecular weight excluding hydrogens is 163 g/mol. The van der Waals surface area contributed by atoms with Gasteiger partial charge in [0.15, 0.2) is 0 Å². The van der Waals surface area contributed by atoms with Crippen LogP contribution in [-0.2, 0) is 0 Å². The Bertz CT molecular complexity index is 265. The molecule has 0 unspecified atom stereocenters. The van der Waals surface area contributed by atoms with Gasteiger partial charge in [0.2, 0.25) is 5.82 Å². The van der Waals surface area contributed by atoms with Gasteiger partial charge in [0.05, 0.1) is 0 Å². The highest BCUT2D eigenvalue weighted by atomic mass is 19.1. The van der Waals surface area contributed by atoms with Crippen LogP contribution in [0.15, 0.2) is 18.3 Å². The second-order valence-corrected chi connectivity index (χ2v) is 1.57. The van der Waals surface area contributed by atoms with Crippen molar-refractivity contribution >= 4 is 5.82 Å². The highest BCUT2D eigenvalue weighted by Crippen LogP contribution is 2.09. The Balaban J connectivity index is 0.000000561. The molecule has 1 aromatic rings. The maximum absolute atomic E-state index is 12.3. The van der Waals surface area contributed by atoms with Crippen LogP contribution >= 0.6 is 0 Å². The molecule has 0 bridgehead atoms. The fraction of sp³-hybridized carbons (Fsp3) is 0.286. The van der Waals surface area contributed by atoms with E-state index in [0.717, 1.165) is 6.07 Å². The summed E-state index contributed by atoms with van der Waals surface area (Å²) in [4.78, 5) is 12.3. The van der Waals surface area contributed by atoms with E-state index in [-0.39, 0.29) is 0 Å². The summed E-state index contributed by atoms with van der Waals surface area (Å²) in [5.41, 5.74) is 0. The molecule has 66 valence electrons. The lowest BCUT2D eigenvalue weighted by Crippen LogP contribution is -1.94. The normalized spacial score (nSPS) is 8.25. The van der Waals surface area contributed by atoms with Crippen LogP contribution in [0.2, 0.25) is 0 Å². The summed E-state index contributed by atoms with van der Waals surface area (Å²) in [6.45, 7) is 4.00. The summed E-state index contributed by atoms with van der Waals surface area (Å²) in [5, 5.41) is 9.92. The van der Waals surface area contributed by atoms with Crippen molar-refractivity contribution in [2.45, 2.75) is 13.8 Å². The number of aromatic nitrogens is 1. The first-order valence-electron chi connectivity index (χ1n) is 3.46. The van der Waals surface area contributed by atoms with Crippen LogP contribution in [0.1, 0.15) is 13.8 Å². The minimum atomic E-state index is -0.910. The summed E-state index contributed by atoms with van der Waals surface area (Å²) < 4.78 is 12.3. The molecule has 1 heterocycles. The molecule has 0 fully saturated rings. The second-order valence-electron chi connectivity index (χ2n) is 1.57. The van der Waals surface area contributed by atoms with E-state index in [1.807, 2.05) is 13.8 Å². The van der Waals surface area contributed by atoms with E-state index in [2.05, 4.69) is 4.98 Å². The smallest absolute Gasteiger partial charge is 0.358 e. The molecule has 0 aliphatic heterocycles. The van der Waals surface area contributed by atoms with Gasteiger partial charge in [0.1, 0.15) is 6.20 Å². The highest BCUT2D eigenvalue weighted by molar-refractivity contribution is 5.19. The Kier molecular flexibility index (Phi) is 4.52. The first kappa shape index (κ1) is 10.5. The van der Waals surface area contributed by atoms with Crippen molar-refractivity contribution in [3.8, 4) is 0 Å². The molecule has 0 spiro atoms. The molecular formula is C7H9FN2O2. The zero-order valence-electron chi connectivity index (χ0n) is 6.82. The van der Waals surface area contributed by atoms with Gasteiger partial charge >= 0.3 is 5.82 Å². The maximum Gasteiger partial charge on any atom is 0.399 e. The van der Waals surface area contributed by atoms with E-state index >= 15 is 0 Å². The fourth-order valence-corrected chi connectivity index (χ4v) is 0.512. The van der Waals surface area contributed by atoms with Gasteiger partial charge in [-0.2, -0.15) is 4.39 Å². The third-order valence-electron chi connectivity index (χ3n) is 0.912. The SMILES string of the molecule is CC.O=[N+]([O-])c1ncccc1F. The summed E-state index contributed by atoms with van der Waals surface area (Å²) in [5.74, 6) is -1.64. The lowest BCUT2D eigenvalue weighted by atomic mass is 10.4. The average molecular weight is 172 g/mol. The third kappa shape index (κ3) is 2.61. The monoisotopic (exact) mass is 172 g/mol. The number of rotatable bonds is 1. The van der Waals surface area contributed by atoms with E-state index in [9.17, 15) is 14.5 Å². The molecule has 12 heavy (non-hydrogen) atoms. The van der Waals surface area contributed by atoms with Gasteiger partial charge in [-0.3, -0.25) is 0 Å². The standard InChI is InChI=1S/C5H3FN2O2.C2H6/c6-4-2-1-3-7-5(4)8(9)10;1-2/h1-3H;1-2H3. The minimum Gasteiger partial charge on any atom is -0.358 e. The highest BCUT2D eigenvalue weighted by Gasteiger charge is 2.12. The van der Waals surface area contributed by atoms with Gasteiger partial charge in [-0.15, -0.1) is 0 Å². The fourth-order valence-electron chi connectivity index (χ4n) is 0.512. The lowest BCUT2D eigenvalue weighted by Gasteiger charge is -1.89. The van der Waals surface area contributed by atoms with E-state index in [4.69, 9.17) is 0 Å². The molecule has 1 rings (SSSR count). The largest absolute Gasteiger partial charge is 0.399 e. The van der Waals surface area contributed by atoms with Crippen LogP contribution in [0.4, 0.5) is 10.2 Å². The molecule has 0 saturated carbocycles. The first-order valence-corrected chi connectivity index (χ1v) is 3.46. The van der Waals surface area contributed by atoms with Crippen LogP contribution in [0.5, 0.6) is 0 Å². The number of hydrogen-bond donors (Lipinski definition) is 0. The van der Waals surface area contributed by atoms with Crippen molar-refractivity contribution in [3.05, 3.63) is 34.3 Å². The van der Waals surface area contributed by atoms with Crippen LogP contribution < -0.4 is 0 Å². The van der Waals surface area contributed by atoms with E-state index in [0.29, 0.717) is 0 Å². The van der Waals surface area contributed by atoms with Crippen molar-refractivity contribution in [1.82, 2.24) is 4.98 Å². The Labute approximate surface area is 69.2 Å². The molecule has 0 saturated heterocycles. The molecule has 5 heteroatoms. The molecule has 0 radical (unpaired) electrons. The predicted octanol–water partition coefficient (Wildman–Crippen LogP) is 2.16. The van der Waals surface area contributed by atoms with Crippen LogP contribution in [0, 0.1) is 15.9 Å². The zero-order chi connectivity index (χ0) is 9.56. The molecule has 0 aliphatic rings. The van der Waals surface area contributed by atoms with Crippen molar-refractivity contribution in [2.75, 3.05) is 0 Å². The van der Waals surface area contributed by atoms with Crippen molar-refractivity contribution in [1.29, 1.82) is 0 Å². The van der Waals surface area contributed by atoms with Gasteiger partial charge in [0, 0.05) is 0 Å². The zero-order valence-corrected chi connectivity index (χ0v) is 6.82.